The van der Waals surface area contributed by atoms with Gasteiger partial charge in [0.05, 0.1) is 0 Å². The van der Waals surface area contributed by atoms with Gasteiger partial charge in [-0.2, -0.15) is 0 Å². The molecule has 0 saturated heterocycles. The van der Waals surface area contributed by atoms with Crippen LogP contribution in [-0.4, -0.2) is 5.78 Å². The Labute approximate surface area is 115 Å². The van der Waals surface area contributed by atoms with Gasteiger partial charge in [0, 0.05) is 10.0 Å². The molecule has 0 atom stereocenters. The normalized spacial score (nSPS) is 10.8. The van der Waals surface area contributed by atoms with Gasteiger partial charge in [0.2, 0.25) is 0 Å². The average molecular weight is 301 g/mol. The molecule has 0 aliphatic carbocycles. The minimum Gasteiger partial charge on any atom is -0.289 e. The van der Waals surface area contributed by atoms with E-state index in [9.17, 15) is 4.79 Å². The van der Waals surface area contributed by atoms with Crippen LogP contribution in [0.25, 0.3) is 6.08 Å². The van der Waals surface area contributed by atoms with E-state index in [2.05, 4.69) is 15.9 Å². The Kier molecular flexibility index (Phi) is 4.11. The third kappa shape index (κ3) is 3.41. The summed E-state index contributed by atoms with van der Waals surface area (Å²) >= 11 is 3.35. The van der Waals surface area contributed by atoms with Crippen LogP contribution in [-0.2, 0) is 0 Å². The lowest BCUT2D eigenvalue weighted by Gasteiger charge is -1.97. The van der Waals surface area contributed by atoms with E-state index in [1.54, 1.807) is 6.08 Å². The van der Waals surface area contributed by atoms with E-state index >= 15 is 0 Å². The number of aryl methyl sites for hydroxylation is 1. The van der Waals surface area contributed by atoms with Gasteiger partial charge in [0.25, 0.3) is 0 Å². The summed E-state index contributed by atoms with van der Waals surface area (Å²) in [7, 11) is 0. The van der Waals surface area contributed by atoms with Crippen molar-refractivity contribution in [1.82, 2.24) is 0 Å². The second-order valence-electron chi connectivity index (χ2n) is 4.12. The molecule has 0 bridgehead atoms. The number of carbonyl (C=O) groups excluding carboxylic acids is 1. The second kappa shape index (κ2) is 5.78. The number of carbonyl (C=O) groups is 1. The molecule has 0 N–H and O–H groups in total. The number of ketones is 1. The van der Waals surface area contributed by atoms with Gasteiger partial charge in [-0.05, 0) is 42.8 Å². The first-order valence-electron chi connectivity index (χ1n) is 5.70. The van der Waals surface area contributed by atoms with Crippen molar-refractivity contribution in [2.45, 2.75) is 6.92 Å². The Morgan fingerprint density at radius 2 is 1.61 bits per heavy atom. The van der Waals surface area contributed by atoms with Gasteiger partial charge >= 0.3 is 0 Å². The standard InChI is InChI=1S/C16H13BrO/c1-12-2-4-13(5-3-12)6-11-16(18)14-7-9-15(17)10-8-14/h2-11H,1H3/b11-6+. The number of halogens is 1. The van der Waals surface area contributed by atoms with E-state index in [0.29, 0.717) is 5.56 Å². The van der Waals surface area contributed by atoms with Crippen LogP contribution >= 0.6 is 15.9 Å². The lowest BCUT2D eigenvalue weighted by Crippen LogP contribution is -1.93. The number of allylic oxidation sites excluding steroid dienone is 1. The highest BCUT2D eigenvalue weighted by Crippen LogP contribution is 2.12. The molecule has 0 aromatic heterocycles. The van der Waals surface area contributed by atoms with Crippen molar-refractivity contribution in [1.29, 1.82) is 0 Å². The van der Waals surface area contributed by atoms with Crippen molar-refractivity contribution in [3.8, 4) is 0 Å². The van der Waals surface area contributed by atoms with E-state index in [1.165, 1.54) is 5.56 Å². The summed E-state index contributed by atoms with van der Waals surface area (Å²) in [6, 6.07) is 15.4. The molecule has 0 aliphatic heterocycles. The molecule has 2 heteroatoms. The third-order valence-electron chi connectivity index (χ3n) is 2.63. The molecule has 90 valence electrons. The van der Waals surface area contributed by atoms with Gasteiger partial charge in [0.1, 0.15) is 0 Å². The fraction of sp³-hybridized carbons (Fsp3) is 0.0625. The quantitative estimate of drug-likeness (QED) is 0.595. The van der Waals surface area contributed by atoms with Crippen LogP contribution in [0.4, 0.5) is 0 Å². The Morgan fingerprint density at radius 3 is 2.22 bits per heavy atom. The lowest BCUT2D eigenvalue weighted by molar-refractivity contribution is 0.104. The average Bonchev–Trinajstić information content (AvgIpc) is 2.38. The van der Waals surface area contributed by atoms with Crippen LogP contribution in [0, 0.1) is 6.92 Å². The number of hydrogen-bond donors (Lipinski definition) is 0. The summed E-state index contributed by atoms with van der Waals surface area (Å²) in [5, 5.41) is 0. The topological polar surface area (TPSA) is 17.1 Å². The Morgan fingerprint density at radius 1 is 1.00 bits per heavy atom. The van der Waals surface area contributed by atoms with E-state index in [0.717, 1.165) is 10.0 Å². The monoisotopic (exact) mass is 300 g/mol. The zero-order chi connectivity index (χ0) is 13.0. The maximum atomic E-state index is 11.9. The largest absolute Gasteiger partial charge is 0.289 e. The van der Waals surface area contributed by atoms with E-state index in [1.807, 2.05) is 61.5 Å². The molecule has 0 unspecified atom stereocenters. The summed E-state index contributed by atoms with van der Waals surface area (Å²) in [4.78, 5) is 11.9. The van der Waals surface area contributed by atoms with Crippen LogP contribution in [0.3, 0.4) is 0 Å². The summed E-state index contributed by atoms with van der Waals surface area (Å²) < 4.78 is 0.974. The number of benzene rings is 2. The van der Waals surface area contributed by atoms with Gasteiger partial charge in [-0.15, -0.1) is 0 Å². The molecule has 2 aromatic rings. The molecule has 2 aromatic carbocycles. The van der Waals surface area contributed by atoms with Crippen molar-refractivity contribution in [3.63, 3.8) is 0 Å². The fourth-order valence-corrected chi connectivity index (χ4v) is 1.82. The van der Waals surface area contributed by atoms with E-state index < -0.39 is 0 Å². The first kappa shape index (κ1) is 12.8. The SMILES string of the molecule is Cc1ccc(/C=C/C(=O)c2ccc(Br)cc2)cc1. The Hall–Kier alpha value is -1.67. The van der Waals surface area contributed by atoms with Crippen molar-refractivity contribution in [2.75, 3.05) is 0 Å². The van der Waals surface area contributed by atoms with Crippen LogP contribution in [0.2, 0.25) is 0 Å². The zero-order valence-electron chi connectivity index (χ0n) is 10.1. The highest BCUT2D eigenvalue weighted by molar-refractivity contribution is 9.10. The molecule has 0 fully saturated rings. The highest BCUT2D eigenvalue weighted by atomic mass is 79.9. The van der Waals surface area contributed by atoms with E-state index in [4.69, 9.17) is 0 Å². The highest BCUT2D eigenvalue weighted by Gasteiger charge is 2.00. The molecular formula is C16H13BrO. The van der Waals surface area contributed by atoms with E-state index in [-0.39, 0.29) is 5.78 Å². The summed E-state index contributed by atoms with van der Waals surface area (Å²) in [6.45, 7) is 2.04. The molecule has 0 radical (unpaired) electrons. The number of rotatable bonds is 3. The Balaban J connectivity index is 2.11. The van der Waals surface area contributed by atoms with Gasteiger partial charge in [0.15, 0.2) is 5.78 Å². The molecular weight excluding hydrogens is 288 g/mol. The minimum absolute atomic E-state index is 0.0167. The molecule has 0 amide bonds. The van der Waals surface area contributed by atoms with Gasteiger partial charge in [-0.1, -0.05) is 51.8 Å². The van der Waals surface area contributed by atoms with Gasteiger partial charge in [-0.3, -0.25) is 4.79 Å². The van der Waals surface area contributed by atoms with Crippen molar-refractivity contribution in [2.24, 2.45) is 0 Å². The van der Waals surface area contributed by atoms with Crippen molar-refractivity contribution < 1.29 is 4.79 Å². The molecule has 18 heavy (non-hydrogen) atoms. The molecule has 0 aliphatic rings. The van der Waals surface area contributed by atoms with Crippen LogP contribution < -0.4 is 0 Å². The summed E-state index contributed by atoms with van der Waals surface area (Å²) in [5.41, 5.74) is 2.94. The Bertz CT molecular complexity index is 565. The maximum Gasteiger partial charge on any atom is 0.185 e. The first-order chi connectivity index (χ1) is 8.65. The first-order valence-corrected chi connectivity index (χ1v) is 6.49. The zero-order valence-corrected chi connectivity index (χ0v) is 11.6. The molecule has 2 rings (SSSR count). The fourth-order valence-electron chi connectivity index (χ4n) is 1.56. The third-order valence-corrected chi connectivity index (χ3v) is 3.16. The van der Waals surface area contributed by atoms with Crippen LogP contribution in [0.15, 0.2) is 59.1 Å². The molecule has 0 heterocycles. The minimum atomic E-state index is 0.0167. The van der Waals surface area contributed by atoms with Crippen LogP contribution in [0.1, 0.15) is 21.5 Å². The second-order valence-corrected chi connectivity index (χ2v) is 5.03. The lowest BCUT2D eigenvalue weighted by atomic mass is 10.1. The predicted molar refractivity (Wildman–Crippen MR) is 78.7 cm³/mol. The molecule has 0 spiro atoms. The summed E-state index contributed by atoms with van der Waals surface area (Å²) in [6.07, 6.45) is 3.44. The number of hydrogen-bond acceptors (Lipinski definition) is 1. The maximum absolute atomic E-state index is 11.9. The van der Waals surface area contributed by atoms with Crippen molar-refractivity contribution in [3.05, 3.63) is 75.8 Å². The van der Waals surface area contributed by atoms with Crippen molar-refractivity contribution >= 4 is 27.8 Å². The van der Waals surface area contributed by atoms with Gasteiger partial charge < -0.3 is 0 Å². The van der Waals surface area contributed by atoms with Crippen LogP contribution in [0.5, 0.6) is 0 Å². The smallest absolute Gasteiger partial charge is 0.185 e. The van der Waals surface area contributed by atoms with Gasteiger partial charge in [-0.25, -0.2) is 0 Å². The molecule has 1 nitrogen and oxygen atoms in total. The molecule has 0 saturated carbocycles. The summed E-state index contributed by atoms with van der Waals surface area (Å²) in [5.74, 6) is 0.0167. The predicted octanol–water partition coefficient (Wildman–Crippen LogP) is 4.65.